The highest BCUT2D eigenvalue weighted by atomic mass is 16.6. The summed E-state index contributed by atoms with van der Waals surface area (Å²) in [7, 11) is 0. The van der Waals surface area contributed by atoms with Crippen molar-refractivity contribution in [1.29, 1.82) is 5.26 Å². The molecule has 0 saturated carbocycles. The highest BCUT2D eigenvalue weighted by Gasteiger charge is 2.15. The van der Waals surface area contributed by atoms with E-state index in [0.29, 0.717) is 0 Å². The molecular weight excluding hydrogens is 240 g/mol. The van der Waals surface area contributed by atoms with Gasteiger partial charge in [0.2, 0.25) is 5.69 Å². The Bertz CT molecular complexity index is 509. The minimum absolute atomic E-state index is 0.122. The molecule has 8 heteroatoms. The van der Waals surface area contributed by atoms with Crippen LogP contribution in [0.25, 0.3) is 0 Å². The number of hydrogen-bond acceptors (Lipinski definition) is 7. The van der Waals surface area contributed by atoms with Crippen molar-refractivity contribution in [2.24, 2.45) is 0 Å². The quantitative estimate of drug-likeness (QED) is 0.467. The van der Waals surface area contributed by atoms with Crippen LogP contribution in [0.15, 0.2) is 12.1 Å². The van der Waals surface area contributed by atoms with Gasteiger partial charge in [-0.3, -0.25) is 14.9 Å². The van der Waals surface area contributed by atoms with Gasteiger partial charge in [-0.1, -0.05) is 0 Å². The van der Waals surface area contributed by atoms with Crippen LogP contribution >= 0.6 is 0 Å². The Morgan fingerprint density at radius 3 is 2.94 bits per heavy atom. The summed E-state index contributed by atoms with van der Waals surface area (Å²) in [6, 6.07) is 4.09. The third-order valence-electron chi connectivity index (χ3n) is 1.90. The molecule has 0 unspecified atom stereocenters. The standard InChI is InChI=1S/C10H10N4O4/c1-2-18-10(15)6-12-9-4-3-8(14(16)17)7(5-11)13-9/h3-4H,2,6H2,1H3,(H,12,13). The topological polar surface area (TPSA) is 118 Å². The summed E-state index contributed by atoms with van der Waals surface area (Å²) in [5, 5.41) is 21.9. The fraction of sp³-hybridized carbons (Fsp3) is 0.300. The van der Waals surface area contributed by atoms with Gasteiger partial charge in [0.25, 0.3) is 0 Å². The van der Waals surface area contributed by atoms with Gasteiger partial charge in [0.05, 0.1) is 11.5 Å². The molecule has 0 bridgehead atoms. The number of anilines is 1. The average Bonchev–Trinajstić information content (AvgIpc) is 2.36. The lowest BCUT2D eigenvalue weighted by atomic mass is 10.3. The van der Waals surface area contributed by atoms with Gasteiger partial charge in [-0.25, -0.2) is 4.98 Å². The van der Waals surface area contributed by atoms with Crippen molar-refractivity contribution in [3.05, 3.63) is 27.9 Å². The van der Waals surface area contributed by atoms with E-state index in [-0.39, 0.29) is 30.4 Å². The number of carbonyl (C=O) groups is 1. The first-order valence-electron chi connectivity index (χ1n) is 5.03. The highest BCUT2D eigenvalue weighted by Crippen LogP contribution is 2.17. The molecule has 0 fully saturated rings. The van der Waals surface area contributed by atoms with Crippen LogP contribution in [0.5, 0.6) is 0 Å². The number of aromatic nitrogens is 1. The minimum atomic E-state index is -0.694. The smallest absolute Gasteiger partial charge is 0.325 e. The summed E-state index contributed by atoms with van der Waals surface area (Å²) < 4.78 is 4.68. The van der Waals surface area contributed by atoms with Gasteiger partial charge in [0.15, 0.2) is 0 Å². The van der Waals surface area contributed by atoms with Crippen LogP contribution < -0.4 is 5.32 Å². The van der Waals surface area contributed by atoms with Crippen LogP contribution in [0, 0.1) is 21.4 Å². The first-order valence-corrected chi connectivity index (χ1v) is 5.03. The molecule has 1 rings (SSSR count). The molecule has 8 nitrogen and oxygen atoms in total. The molecule has 0 aliphatic heterocycles. The zero-order chi connectivity index (χ0) is 13.5. The molecule has 1 N–H and O–H groups in total. The Kier molecular flexibility index (Phi) is 4.57. The molecule has 18 heavy (non-hydrogen) atoms. The zero-order valence-electron chi connectivity index (χ0n) is 9.54. The maximum absolute atomic E-state index is 11.1. The second-order valence-corrected chi connectivity index (χ2v) is 3.09. The van der Waals surface area contributed by atoms with Crippen molar-refractivity contribution in [3.8, 4) is 6.07 Å². The van der Waals surface area contributed by atoms with Gasteiger partial charge in [0.1, 0.15) is 18.4 Å². The Morgan fingerprint density at radius 1 is 1.67 bits per heavy atom. The largest absolute Gasteiger partial charge is 0.465 e. The zero-order valence-corrected chi connectivity index (χ0v) is 9.54. The van der Waals surface area contributed by atoms with Crippen LogP contribution in [-0.4, -0.2) is 29.0 Å². The predicted molar refractivity (Wildman–Crippen MR) is 60.7 cm³/mol. The molecule has 1 aromatic rings. The number of ether oxygens (including phenoxy) is 1. The SMILES string of the molecule is CCOC(=O)CNc1ccc([N+](=O)[O-])c(C#N)n1. The third-order valence-corrected chi connectivity index (χ3v) is 1.90. The second kappa shape index (κ2) is 6.15. The van der Waals surface area contributed by atoms with Crippen molar-refractivity contribution in [2.45, 2.75) is 6.92 Å². The number of hydrogen-bond donors (Lipinski definition) is 1. The van der Waals surface area contributed by atoms with Crippen LogP contribution in [-0.2, 0) is 9.53 Å². The lowest BCUT2D eigenvalue weighted by Gasteiger charge is -2.05. The highest BCUT2D eigenvalue weighted by molar-refractivity contribution is 5.74. The van der Waals surface area contributed by atoms with Gasteiger partial charge in [-0.15, -0.1) is 0 Å². The predicted octanol–water partition coefficient (Wildman–Crippen LogP) is 0.836. The van der Waals surface area contributed by atoms with E-state index in [9.17, 15) is 14.9 Å². The van der Waals surface area contributed by atoms with E-state index in [0.717, 1.165) is 6.07 Å². The van der Waals surface area contributed by atoms with Crippen LogP contribution in [0.1, 0.15) is 12.6 Å². The lowest BCUT2D eigenvalue weighted by Crippen LogP contribution is -2.17. The number of esters is 1. The minimum Gasteiger partial charge on any atom is -0.465 e. The van der Waals surface area contributed by atoms with Gasteiger partial charge in [0, 0.05) is 6.07 Å². The number of pyridine rings is 1. The maximum atomic E-state index is 11.1. The molecule has 0 amide bonds. The van der Waals surface area contributed by atoms with Crippen molar-refractivity contribution >= 4 is 17.5 Å². The summed E-state index contributed by atoms with van der Waals surface area (Å²) in [6.07, 6.45) is 0. The molecule has 0 aromatic carbocycles. The number of carbonyl (C=O) groups excluding carboxylic acids is 1. The second-order valence-electron chi connectivity index (χ2n) is 3.09. The van der Waals surface area contributed by atoms with Crippen LogP contribution in [0.4, 0.5) is 11.5 Å². The molecule has 0 atom stereocenters. The van der Waals surface area contributed by atoms with E-state index in [1.54, 1.807) is 13.0 Å². The van der Waals surface area contributed by atoms with E-state index >= 15 is 0 Å². The summed E-state index contributed by atoms with van der Waals surface area (Å²) in [4.78, 5) is 24.7. The monoisotopic (exact) mass is 250 g/mol. The Balaban J connectivity index is 2.78. The van der Waals surface area contributed by atoms with Crippen molar-refractivity contribution < 1.29 is 14.5 Å². The number of nitrogens with one attached hydrogen (secondary N) is 1. The normalized spacial score (nSPS) is 9.33. The average molecular weight is 250 g/mol. The van der Waals surface area contributed by atoms with Crippen molar-refractivity contribution in [2.75, 3.05) is 18.5 Å². The summed E-state index contributed by atoms with van der Waals surface area (Å²) in [5.74, 6) is -0.277. The molecule has 0 radical (unpaired) electrons. The van der Waals surface area contributed by atoms with Gasteiger partial charge in [-0.05, 0) is 13.0 Å². The summed E-state index contributed by atoms with van der Waals surface area (Å²) in [6.45, 7) is 1.82. The molecule has 0 saturated heterocycles. The van der Waals surface area contributed by atoms with E-state index in [4.69, 9.17) is 5.26 Å². The number of rotatable bonds is 5. The fourth-order valence-corrected chi connectivity index (χ4v) is 1.15. The van der Waals surface area contributed by atoms with E-state index < -0.39 is 10.9 Å². The maximum Gasteiger partial charge on any atom is 0.325 e. The van der Waals surface area contributed by atoms with Crippen molar-refractivity contribution in [1.82, 2.24) is 4.98 Å². The Hall–Kier alpha value is -2.69. The molecule has 1 aromatic heterocycles. The molecule has 94 valence electrons. The van der Waals surface area contributed by atoms with Crippen molar-refractivity contribution in [3.63, 3.8) is 0 Å². The summed E-state index contributed by atoms with van der Waals surface area (Å²) in [5.41, 5.74) is -0.687. The molecule has 1 heterocycles. The first-order chi connectivity index (χ1) is 8.58. The Labute approximate surface area is 102 Å². The lowest BCUT2D eigenvalue weighted by molar-refractivity contribution is -0.385. The van der Waals surface area contributed by atoms with E-state index in [1.165, 1.54) is 6.07 Å². The third kappa shape index (κ3) is 3.41. The number of nitriles is 1. The molecule has 0 aliphatic rings. The number of nitro groups is 1. The Morgan fingerprint density at radius 2 is 2.39 bits per heavy atom. The molecule has 0 spiro atoms. The van der Waals surface area contributed by atoms with Crippen LogP contribution in [0.3, 0.4) is 0 Å². The van der Waals surface area contributed by atoms with Gasteiger partial charge in [-0.2, -0.15) is 5.26 Å². The van der Waals surface area contributed by atoms with Crippen LogP contribution in [0.2, 0.25) is 0 Å². The van der Waals surface area contributed by atoms with E-state index in [2.05, 4.69) is 15.0 Å². The first kappa shape index (κ1) is 13.4. The van der Waals surface area contributed by atoms with Gasteiger partial charge < -0.3 is 10.1 Å². The number of nitrogens with zero attached hydrogens (tertiary/aromatic N) is 3. The van der Waals surface area contributed by atoms with E-state index in [1.807, 2.05) is 0 Å². The van der Waals surface area contributed by atoms with Gasteiger partial charge >= 0.3 is 11.7 Å². The fourth-order valence-electron chi connectivity index (χ4n) is 1.15. The molecule has 0 aliphatic carbocycles. The molecular formula is C10H10N4O4. The summed E-state index contributed by atoms with van der Waals surface area (Å²) >= 11 is 0.